The summed E-state index contributed by atoms with van der Waals surface area (Å²) in [6.45, 7) is 8.54. The number of nitrogens with one attached hydrogen (secondary N) is 1. The fourth-order valence-electron chi connectivity index (χ4n) is 5.67. The highest BCUT2D eigenvalue weighted by Gasteiger charge is 2.45. The van der Waals surface area contributed by atoms with Crippen molar-refractivity contribution in [3.05, 3.63) is 75.9 Å². The predicted molar refractivity (Wildman–Crippen MR) is 150 cm³/mol. The van der Waals surface area contributed by atoms with Gasteiger partial charge < -0.3 is 20.2 Å². The fourth-order valence-corrected chi connectivity index (χ4v) is 6.47. The molecule has 1 aromatic heterocycles. The number of aryl methyl sites for hydroxylation is 2. The lowest BCUT2D eigenvalue weighted by Gasteiger charge is -2.35. The van der Waals surface area contributed by atoms with Crippen molar-refractivity contribution in [2.75, 3.05) is 6.54 Å². The number of amides is 3. The van der Waals surface area contributed by atoms with Crippen LogP contribution in [0.25, 0.3) is 10.4 Å². The third-order valence-corrected chi connectivity index (χ3v) is 8.72. The van der Waals surface area contributed by atoms with Crippen molar-refractivity contribution in [2.24, 2.45) is 5.92 Å². The van der Waals surface area contributed by atoms with E-state index in [1.807, 2.05) is 63.5 Å². The zero-order valence-electron chi connectivity index (χ0n) is 22.7. The van der Waals surface area contributed by atoms with E-state index in [9.17, 15) is 19.5 Å². The fraction of sp³-hybridized carbons (Fsp3) is 0.400. The van der Waals surface area contributed by atoms with Crippen LogP contribution in [0.1, 0.15) is 53.0 Å². The molecule has 1 saturated heterocycles. The number of thiazole rings is 1. The van der Waals surface area contributed by atoms with Gasteiger partial charge in [-0.15, -0.1) is 11.3 Å². The first-order chi connectivity index (χ1) is 18.7. The Morgan fingerprint density at radius 1 is 1.18 bits per heavy atom. The molecule has 0 aliphatic carbocycles. The first kappa shape index (κ1) is 27.0. The van der Waals surface area contributed by atoms with Gasteiger partial charge in [0.15, 0.2) is 0 Å². The number of rotatable bonds is 7. The first-order valence-corrected chi connectivity index (χ1v) is 14.2. The van der Waals surface area contributed by atoms with E-state index in [1.54, 1.807) is 22.3 Å². The molecule has 1 fully saturated rings. The van der Waals surface area contributed by atoms with E-state index in [-0.39, 0.29) is 36.6 Å². The lowest BCUT2D eigenvalue weighted by molar-refractivity contribution is -0.143. The number of aromatic nitrogens is 1. The van der Waals surface area contributed by atoms with Crippen LogP contribution >= 0.6 is 11.3 Å². The molecule has 3 atom stereocenters. The number of nitrogens with zero attached hydrogens (tertiary/aromatic N) is 3. The Hall–Kier alpha value is -3.56. The van der Waals surface area contributed by atoms with Gasteiger partial charge in [-0.2, -0.15) is 0 Å². The Morgan fingerprint density at radius 2 is 1.95 bits per heavy atom. The molecule has 0 spiro atoms. The predicted octanol–water partition coefficient (Wildman–Crippen LogP) is 3.69. The molecule has 3 aromatic rings. The second-order valence-electron chi connectivity index (χ2n) is 10.8. The molecule has 0 radical (unpaired) electrons. The van der Waals surface area contributed by atoms with Crippen molar-refractivity contribution in [3.63, 3.8) is 0 Å². The lowest BCUT2D eigenvalue weighted by atomic mass is 10.00. The van der Waals surface area contributed by atoms with Crippen molar-refractivity contribution in [2.45, 2.75) is 65.4 Å². The van der Waals surface area contributed by atoms with Gasteiger partial charge in [0.25, 0.3) is 5.91 Å². The maximum atomic E-state index is 13.9. The molecule has 3 unspecified atom stereocenters. The molecule has 2 N–H and O–H groups in total. The van der Waals surface area contributed by atoms with Gasteiger partial charge in [-0.05, 0) is 48.1 Å². The van der Waals surface area contributed by atoms with Crippen LogP contribution in [-0.2, 0) is 22.7 Å². The van der Waals surface area contributed by atoms with Gasteiger partial charge in [0.05, 0.1) is 22.2 Å². The Balaban J connectivity index is 1.29. The summed E-state index contributed by atoms with van der Waals surface area (Å²) in [7, 11) is 0. The number of carbonyl (C=O) groups excluding carboxylic acids is 3. The summed E-state index contributed by atoms with van der Waals surface area (Å²) < 4.78 is 0. The highest BCUT2D eigenvalue weighted by molar-refractivity contribution is 7.13. The summed E-state index contributed by atoms with van der Waals surface area (Å²) in [5.41, 5.74) is 7.45. The number of likely N-dealkylation sites (tertiary alicyclic amines) is 1. The number of aliphatic hydroxyl groups is 1. The van der Waals surface area contributed by atoms with Crippen LogP contribution in [0.5, 0.6) is 0 Å². The standard InChI is InChI=1S/C30H34N4O4S/c1-17(2)26(34-14-22-7-5-6-8-24(22)29(34)37)30(38)33-15-23(35)12-25(33)28(36)31-13-21-10-9-20(11-18(21)3)27-19(4)32-16-39-27/h5-11,16-17,23,25-26,35H,12-15H2,1-4H3,(H,31,36). The third kappa shape index (κ3) is 5.21. The number of aliphatic hydroxyl groups excluding tert-OH is 1. The molecule has 2 aromatic carbocycles. The van der Waals surface area contributed by atoms with Gasteiger partial charge in [0.2, 0.25) is 11.8 Å². The zero-order valence-corrected chi connectivity index (χ0v) is 23.5. The van der Waals surface area contributed by atoms with Crippen LogP contribution in [0.2, 0.25) is 0 Å². The average molecular weight is 547 g/mol. The minimum absolute atomic E-state index is 0.0665. The zero-order chi connectivity index (χ0) is 27.8. The molecular formula is C30H34N4O4S. The maximum Gasteiger partial charge on any atom is 0.255 e. The minimum Gasteiger partial charge on any atom is -0.391 e. The molecule has 8 nitrogen and oxygen atoms in total. The van der Waals surface area contributed by atoms with Crippen molar-refractivity contribution < 1.29 is 19.5 Å². The number of β-amino-alcohol motifs (C(OH)–C–C–N with tert-alkyl or cyclic N) is 1. The SMILES string of the molecule is Cc1cc(-c2scnc2C)ccc1CNC(=O)C1CC(O)CN1C(=O)C(C(C)C)N1Cc2ccccc2C1=O. The topological polar surface area (TPSA) is 103 Å². The van der Waals surface area contributed by atoms with E-state index in [1.165, 1.54) is 4.90 Å². The van der Waals surface area contributed by atoms with Crippen molar-refractivity contribution in [1.29, 1.82) is 0 Å². The van der Waals surface area contributed by atoms with Gasteiger partial charge in [0, 0.05) is 31.6 Å². The molecule has 204 valence electrons. The number of hydrogen-bond donors (Lipinski definition) is 2. The summed E-state index contributed by atoms with van der Waals surface area (Å²) in [5, 5.41) is 13.4. The normalized spacial score (nSPS) is 19.5. The van der Waals surface area contributed by atoms with E-state index < -0.39 is 18.2 Å². The first-order valence-electron chi connectivity index (χ1n) is 13.3. The molecule has 9 heteroatoms. The molecule has 3 amide bonds. The van der Waals surface area contributed by atoms with E-state index in [0.717, 1.165) is 32.8 Å². The van der Waals surface area contributed by atoms with Crippen molar-refractivity contribution in [1.82, 2.24) is 20.1 Å². The number of carbonyl (C=O) groups is 3. The van der Waals surface area contributed by atoms with Gasteiger partial charge >= 0.3 is 0 Å². The van der Waals surface area contributed by atoms with Gasteiger partial charge in [-0.1, -0.05) is 50.2 Å². The smallest absolute Gasteiger partial charge is 0.255 e. The highest BCUT2D eigenvalue weighted by atomic mass is 32.1. The number of benzene rings is 2. The summed E-state index contributed by atoms with van der Waals surface area (Å²) in [4.78, 5) is 48.9. The Bertz CT molecular complexity index is 1420. The molecular weight excluding hydrogens is 512 g/mol. The summed E-state index contributed by atoms with van der Waals surface area (Å²) >= 11 is 1.60. The van der Waals surface area contributed by atoms with Gasteiger partial charge in [-0.3, -0.25) is 14.4 Å². The largest absolute Gasteiger partial charge is 0.391 e. The van der Waals surface area contributed by atoms with Gasteiger partial charge in [-0.25, -0.2) is 4.98 Å². The van der Waals surface area contributed by atoms with E-state index in [2.05, 4.69) is 16.4 Å². The minimum atomic E-state index is -0.798. The molecule has 0 saturated carbocycles. The molecule has 0 bridgehead atoms. The third-order valence-electron chi connectivity index (χ3n) is 7.74. The molecule has 2 aliphatic heterocycles. The van der Waals surface area contributed by atoms with E-state index in [4.69, 9.17) is 0 Å². The van der Waals surface area contributed by atoms with Crippen LogP contribution in [-0.4, -0.2) is 62.3 Å². The maximum absolute atomic E-state index is 13.9. The number of fused-ring (bicyclic) bond motifs is 1. The average Bonchev–Trinajstić information content (AvgIpc) is 3.60. The van der Waals surface area contributed by atoms with E-state index in [0.29, 0.717) is 18.7 Å². The van der Waals surface area contributed by atoms with Crippen molar-refractivity contribution >= 4 is 29.1 Å². The quantitative estimate of drug-likeness (QED) is 0.471. The molecule has 2 aliphatic rings. The Kier molecular flexibility index (Phi) is 7.55. The summed E-state index contributed by atoms with van der Waals surface area (Å²) in [6, 6.07) is 12.0. The lowest BCUT2D eigenvalue weighted by Crippen LogP contribution is -2.55. The van der Waals surface area contributed by atoms with Gasteiger partial charge in [0.1, 0.15) is 12.1 Å². The Labute approximate surface area is 232 Å². The van der Waals surface area contributed by atoms with Crippen LogP contribution in [0.3, 0.4) is 0 Å². The molecule has 39 heavy (non-hydrogen) atoms. The molecule has 5 rings (SSSR count). The van der Waals surface area contributed by atoms with Crippen LogP contribution in [0.4, 0.5) is 0 Å². The monoisotopic (exact) mass is 546 g/mol. The Morgan fingerprint density at radius 3 is 2.62 bits per heavy atom. The van der Waals surface area contributed by atoms with Crippen LogP contribution in [0, 0.1) is 19.8 Å². The summed E-state index contributed by atoms with van der Waals surface area (Å²) in [5.74, 6) is -0.949. The van der Waals surface area contributed by atoms with Crippen LogP contribution < -0.4 is 5.32 Å². The van der Waals surface area contributed by atoms with E-state index >= 15 is 0 Å². The van der Waals surface area contributed by atoms with Crippen molar-refractivity contribution in [3.8, 4) is 10.4 Å². The summed E-state index contributed by atoms with van der Waals surface area (Å²) in [6.07, 6.45) is -0.633. The van der Waals surface area contributed by atoms with Crippen LogP contribution in [0.15, 0.2) is 48.0 Å². The molecule has 3 heterocycles. The second-order valence-corrected chi connectivity index (χ2v) is 11.7. The number of hydrogen-bond acceptors (Lipinski definition) is 6. The highest BCUT2D eigenvalue weighted by Crippen LogP contribution is 2.31. The second kappa shape index (κ2) is 10.9.